The molecule has 11 rings (SSSR count). The van der Waals surface area contributed by atoms with Crippen molar-refractivity contribution < 1.29 is 4.42 Å². The number of pyridine rings is 1. The Morgan fingerprint density at radius 2 is 0.860 bits per heavy atom. The molecule has 0 N–H and O–H groups in total. The molecule has 0 amide bonds. The summed E-state index contributed by atoms with van der Waals surface area (Å²) >= 11 is 0. The van der Waals surface area contributed by atoms with Crippen molar-refractivity contribution in [2.45, 2.75) is 0 Å². The van der Waals surface area contributed by atoms with Crippen LogP contribution in [0.15, 0.2) is 187 Å². The molecule has 0 aliphatic carbocycles. The molecule has 0 aliphatic rings. The van der Waals surface area contributed by atoms with Crippen molar-refractivity contribution in [3.8, 4) is 67.8 Å². The smallest absolute Gasteiger partial charge is 0.229 e. The van der Waals surface area contributed by atoms with Crippen molar-refractivity contribution >= 4 is 43.7 Å². The molecule has 7 heteroatoms. The zero-order valence-corrected chi connectivity index (χ0v) is 30.4. The summed E-state index contributed by atoms with van der Waals surface area (Å²) in [5, 5.41) is 5.56. The minimum atomic E-state index is 0.518. The first-order chi connectivity index (χ1) is 28.2. The summed E-state index contributed by atoms with van der Waals surface area (Å²) in [6, 6.07) is 58.2. The van der Waals surface area contributed by atoms with Gasteiger partial charge in [0.1, 0.15) is 5.52 Å². The highest BCUT2D eigenvalue weighted by Gasteiger charge is 2.16. The summed E-state index contributed by atoms with van der Waals surface area (Å²) in [5.74, 6) is 2.45. The molecule has 0 saturated heterocycles. The van der Waals surface area contributed by atoms with E-state index in [0.29, 0.717) is 34.6 Å². The molecule has 266 valence electrons. The molecule has 0 atom stereocenters. The normalized spacial score (nSPS) is 11.5. The maximum atomic E-state index is 6.10. The average molecular weight is 731 g/mol. The van der Waals surface area contributed by atoms with Gasteiger partial charge in [-0.1, -0.05) is 140 Å². The van der Waals surface area contributed by atoms with E-state index in [1.165, 1.54) is 16.2 Å². The zero-order chi connectivity index (χ0) is 37.7. The molecule has 4 heterocycles. The van der Waals surface area contributed by atoms with Crippen molar-refractivity contribution in [1.82, 2.24) is 29.9 Å². The molecule has 0 aliphatic heterocycles. The van der Waals surface area contributed by atoms with Crippen LogP contribution in [0, 0.1) is 0 Å². The fourth-order valence-corrected chi connectivity index (χ4v) is 7.45. The number of nitrogens with zero attached hydrogens (tertiary/aromatic N) is 6. The van der Waals surface area contributed by atoms with Gasteiger partial charge in [0.05, 0.1) is 11.6 Å². The second-order valence-corrected chi connectivity index (χ2v) is 14.0. The Balaban J connectivity index is 0.946. The van der Waals surface area contributed by atoms with Crippen LogP contribution in [0.5, 0.6) is 0 Å². The number of hydrogen-bond acceptors (Lipinski definition) is 7. The van der Waals surface area contributed by atoms with Gasteiger partial charge in [-0.25, -0.2) is 29.9 Å². The van der Waals surface area contributed by atoms with Crippen LogP contribution in [-0.4, -0.2) is 29.9 Å². The molecule has 7 aromatic carbocycles. The Kier molecular flexibility index (Phi) is 7.67. The third-order valence-electron chi connectivity index (χ3n) is 10.4. The highest BCUT2D eigenvalue weighted by molar-refractivity contribution is 6.03. The zero-order valence-electron chi connectivity index (χ0n) is 30.4. The molecule has 11 aromatic rings. The summed E-state index contributed by atoms with van der Waals surface area (Å²) in [4.78, 5) is 29.3. The van der Waals surface area contributed by atoms with Crippen molar-refractivity contribution in [2.24, 2.45) is 0 Å². The van der Waals surface area contributed by atoms with E-state index in [1.54, 1.807) is 6.20 Å². The van der Waals surface area contributed by atoms with Crippen LogP contribution in [0.1, 0.15) is 0 Å². The van der Waals surface area contributed by atoms with Crippen molar-refractivity contribution in [1.29, 1.82) is 0 Å². The van der Waals surface area contributed by atoms with Gasteiger partial charge in [0.25, 0.3) is 0 Å². The van der Waals surface area contributed by atoms with E-state index in [-0.39, 0.29) is 0 Å². The Morgan fingerprint density at radius 1 is 0.316 bits per heavy atom. The summed E-state index contributed by atoms with van der Waals surface area (Å²) < 4.78 is 6.10. The van der Waals surface area contributed by atoms with Gasteiger partial charge in [-0.15, -0.1) is 0 Å². The lowest BCUT2D eigenvalue weighted by Gasteiger charge is -2.10. The van der Waals surface area contributed by atoms with Gasteiger partial charge in [0.2, 0.25) is 5.71 Å². The molecule has 0 saturated carbocycles. The van der Waals surface area contributed by atoms with E-state index < -0.39 is 0 Å². The van der Waals surface area contributed by atoms with Crippen LogP contribution in [-0.2, 0) is 0 Å². The van der Waals surface area contributed by atoms with E-state index in [1.807, 2.05) is 79.0 Å². The number of furan rings is 1. The number of aromatic nitrogens is 6. The van der Waals surface area contributed by atoms with Gasteiger partial charge in [-0.2, -0.15) is 0 Å². The number of fused-ring (bicyclic) bond motifs is 5. The SMILES string of the molecule is c1ccc(-c2cccc(-c3nc(-c4ccccc4)nc(-c4ccc(-c5cnc6oc7cnc(-c8ccc9cc%10ccccc%10cc9c8)nc7c6c5)cc4)n3)c2)cc1. The molecule has 0 radical (unpaired) electrons. The van der Waals surface area contributed by atoms with Crippen molar-refractivity contribution in [3.05, 3.63) is 182 Å². The molecule has 0 spiro atoms. The number of benzene rings is 7. The Hall–Kier alpha value is -7.90. The molecule has 4 aromatic heterocycles. The third-order valence-corrected chi connectivity index (χ3v) is 10.4. The van der Waals surface area contributed by atoms with Gasteiger partial charge in [-0.3, -0.25) is 0 Å². The fourth-order valence-electron chi connectivity index (χ4n) is 7.45. The van der Waals surface area contributed by atoms with Gasteiger partial charge >= 0.3 is 0 Å². The van der Waals surface area contributed by atoms with Gasteiger partial charge < -0.3 is 4.42 Å². The first-order valence-electron chi connectivity index (χ1n) is 18.7. The minimum absolute atomic E-state index is 0.518. The van der Waals surface area contributed by atoms with Gasteiger partial charge in [0, 0.05) is 34.0 Å². The quantitative estimate of drug-likeness (QED) is 0.157. The van der Waals surface area contributed by atoms with Crippen LogP contribution in [0.25, 0.3) is 112 Å². The first kappa shape index (κ1) is 32.5. The highest BCUT2D eigenvalue weighted by Crippen LogP contribution is 2.34. The van der Waals surface area contributed by atoms with Gasteiger partial charge in [-0.05, 0) is 68.6 Å². The van der Waals surface area contributed by atoms with E-state index in [4.69, 9.17) is 29.3 Å². The molecule has 7 nitrogen and oxygen atoms in total. The average Bonchev–Trinajstić information content (AvgIpc) is 3.66. The Bertz CT molecular complexity index is 3290. The van der Waals surface area contributed by atoms with Crippen LogP contribution >= 0.6 is 0 Å². The largest absolute Gasteiger partial charge is 0.434 e. The molecular formula is C50H30N6O. The Labute approximate surface area is 327 Å². The third kappa shape index (κ3) is 6.04. The predicted octanol–water partition coefficient (Wildman–Crippen LogP) is 12.3. The minimum Gasteiger partial charge on any atom is -0.434 e. The standard InChI is InChI=1S/C50H30N6O/c1-3-10-31(11-4-1)35-16-9-17-39(25-35)49-55-47(33-12-5-2-6-13-33)54-48(56-49)34-20-18-32(19-21-34)42-28-43-45-44(57-50(43)52-29-42)30-51-46(53-45)40-23-22-38-24-36-14-7-8-15-37(36)26-41(38)27-40/h1-30H. The summed E-state index contributed by atoms with van der Waals surface area (Å²) in [6.45, 7) is 0. The van der Waals surface area contributed by atoms with Crippen LogP contribution in [0.4, 0.5) is 0 Å². The lowest BCUT2D eigenvalue weighted by atomic mass is 10.0. The number of hydrogen-bond donors (Lipinski definition) is 0. The maximum Gasteiger partial charge on any atom is 0.229 e. The second kappa shape index (κ2) is 13.4. The summed E-state index contributed by atoms with van der Waals surface area (Å²) in [6.07, 6.45) is 3.57. The molecule has 0 unspecified atom stereocenters. The Morgan fingerprint density at radius 3 is 1.61 bits per heavy atom. The van der Waals surface area contributed by atoms with E-state index in [2.05, 4.69) is 102 Å². The van der Waals surface area contributed by atoms with Crippen LogP contribution < -0.4 is 0 Å². The molecular weight excluding hydrogens is 701 g/mol. The maximum absolute atomic E-state index is 6.10. The van der Waals surface area contributed by atoms with Gasteiger partial charge in [0.15, 0.2) is 28.9 Å². The number of rotatable bonds is 6. The highest BCUT2D eigenvalue weighted by atomic mass is 16.3. The second-order valence-electron chi connectivity index (χ2n) is 14.0. The molecule has 57 heavy (non-hydrogen) atoms. The predicted molar refractivity (Wildman–Crippen MR) is 228 cm³/mol. The van der Waals surface area contributed by atoms with Crippen LogP contribution in [0.2, 0.25) is 0 Å². The lowest BCUT2D eigenvalue weighted by Crippen LogP contribution is -2.00. The van der Waals surface area contributed by atoms with Crippen molar-refractivity contribution in [2.75, 3.05) is 0 Å². The summed E-state index contributed by atoms with van der Waals surface area (Å²) in [7, 11) is 0. The lowest BCUT2D eigenvalue weighted by molar-refractivity contribution is 0.651. The fraction of sp³-hybridized carbons (Fsp3) is 0. The summed E-state index contributed by atoms with van der Waals surface area (Å²) in [5.41, 5.74) is 9.66. The van der Waals surface area contributed by atoms with Crippen molar-refractivity contribution in [3.63, 3.8) is 0 Å². The molecule has 0 fully saturated rings. The van der Waals surface area contributed by atoms with Crippen LogP contribution in [0.3, 0.4) is 0 Å². The monoisotopic (exact) mass is 730 g/mol. The first-order valence-corrected chi connectivity index (χ1v) is 18.7. The van der Waals surface area contributed by atoms with E-state index in [0.717, 1.165) is 60.8 Å². The molecule has 0 bridgehead atoms. The van der Waals surface area contributed by atoms with E-state index in [9.17, 15) is 0 Å². The van der Waals surface area contributed by atoms with E-state index >= 15 is 0 Å². The topological polar surface area (TPSA) is 90.5 Å².